The summed E-state index contributed by atoms with van der Waals surface area (Å²) in [5.41, 5.74) is 0. The van der Waals surface area contributed by atoms with Gasteiger partial charge in [-0.1, -0.05) is 0 Å². The molecule has 1 rings (SSSR count). The number of anilines is 1. The molecule has 1 aromatic heterocycles. The van der Waals surface area contributed by atoms with Crippen molar-refractivity contribution >= 4 is 15.8 Å². The molecule has 0 aliphatic rings. The summed E-state index contributed by atoms with van der Waals surface area (Å²) in [6, 6.07) is 3.03. The Bertz CT molecular complexity index is 447. The van der Waals surface area contributed by atoms with Crippen molar-refractivity contribution in [2.75, 3.05) is 32.6 Å². The number of aromatic nitrogens is 1. The second-order valence-corrected chi connectivity index (χ2v) is 5.16. The molecule has 16 heavy (non-hydrogen) atoms. The maximum atomic E-state index is 12.0. The molecule has 0 unspecified atom stereocenters. The van der Waals surface area contributed by atoms with Gasteiger partial charge in [0.05, 0.1) is 6.61 Å². The molecule has 1 heterocycles. The van der Waals surface area contributed by atoms with E-state index in [1.54, 1.807) is 13.1 Å². The number of rotatable bonds is 5. The number of nitrogens with one attached hydrogen (secondary N) is 1. The minimum absolute atomic E-state index is 0.0559. The summed E-state index contributed by atoms with van der Waals surface area (Å²) in [6.07, 6.45) is 1.51. The third-order valence-electron chi connectivity index (χ3n) is 2.11. The van der Waals surface area contributed by atoms with Crippen molar-refractivity contribution in [2.45, 2.75) is 4.90 Å². The van der Waals surface area contributed by atoms with E-state index in [2.05, 4.69) is 10.3 Å². The summed E-state index contributed by atoms with van der Waals surface area (Å²) in [6.45, 7) is -0.161. The van der Waals surface area contributed by atoms with Crippen LogP contribution in [0.4, 0.5) is 5.82 Å². The molecule has 0 aromatic carbocycles. The normalized spacial score (nSPS) is 11.8. The summed E-state index contributed by atoms with van der Waals surface area (Å²) < 4.78 is 25.2. The Labute approximate surface area is 95.0 Å². The van der Waals surface area contributed by atoms with Crippen LogP contribution in [0.1, 0.15) is 0 Å². The smallest absolute Gasteiger partial charge is 0.246 e. The highest BCUT2D eigenvalue weighted by atomic mass is 32.2. The number of pyridine rings is 1. The zero-order chi connectivity index (χ0) is 12.2. The van der Waals surface area contributed by atoms with E-state index in [0.717, 1.165) is 4.31 Å². The van der Waals surface area contributed by atoms with Gasteiger partial charge in [-0.25, -0.2) is 13.4 Å². The van der Waals surface area contributed by atoms with Crippen LogP contribution in [0.3, 0.4) is 0 Å². The van der Waals surface area contributed by atoms with Crippen molar-refractivity contribution in [3.8, 4) is 0 Å². The fraction of sp³-hybridized carbons (Fsp3) is 0.444. The molecule has 0 radical (unpaired) electrons. The molecule has 2 N–H and O–H groups in total. The molecule has 6 nitrogen and oxygen atoms in total. The van der Waals surface area contributed by atoms with Gasteiger partial charge in [0.1, 0.15) is 10.7 Å². The lowest BCUT2D eigenvalue weighted by molar-refractivity contribution is 0.266. The van der Waals surface area contributed by atoms with Crippen molar-refractivity contribution in [2.24, 2.45) is 0 Å². The van der Waals surface area contributed by atoms with Gasteiger partial charge in [-0.3, -0.25) is 0 Å². The van der Waals surface area contributed by atoms with Crippen LogP contribution in [0.2, 0.25) is 0 Å². The van der Waals surface area contributed by atoms with E-state index in [9.17, 15) is 8.42 Å². The lowest BCUT2D eigenvalue weighted by atomic mass is 10.5. The fourth-order valence-electron chi connectivity index (χ4n) is 1.22. The highest BCUT2D eigenvalue weighted by molar-refractivity contribution is 7.89. The van der Waals surface area contributed by atoms with Crippen LogP contribution < -0.4 is 5.32 Å². The average Bonchev–Trinajstić information content (AvgIpc) is 2.29. The fourth-order valence-corrected chi connectivity index (χ4v) is 2.52. The molecule has 0 fully saturated rings. The molecule has 90 valence electrons. The van der Waals surface area contributed by atoms with Crippen LogP contribution in [0.5, 0.6) is 0 Å². The Morgan fingerprint density at radius 1 is 1.56 bits per heavy atom. The van der Waals surface area contributed by atoms with Crippen LogP contribution >= 0.6 is 0 Å². The van der Waals surface area contributed by atoms with E-state index in [1.807, 2.05) is 0 Å². The number of hydrogen-bond acceptors (Lipinski definition) is 5. The first-order valence-electron chi connectivity index (χ1n) is 4.74. The second kappa shape index (κ2) is 5.24. The number of hydrogen-bond donors (Lipinski definition) is 2. The summed E-state index contributed by atoms with van der Waals surface area (Å²) in [5.74, 6) is 0.298. The monoisotopic (exact) mass is 245 g/mol. The molecule has 0 aliphatic carbocycles. The van der Waals surface area contributed by atoms with Crippen molar-refractivity contribution in [1.82, 2.24) is 9.29 Å². The van der Waals surface area contributed by atoms with E-state index in [-0.39, 0.29) is 18.0 Å². The maximum absolute atomic E-state index is 12.0. The summed E-state index contributed by atoms with van der Waals surface area (Å²) in [7, 11) is -0.576. The van der Waals surface area contributed by atoms with Gasteiger partial charge in [-0.2, -0.15) is 4.31 Å². The zero-order valence-electron chi connectivity index (χ0n) is 9.21. The summed E-state index contributed by atoms with van der Waals surface area (Å²) in [4.78, 5) is 4.03. The standard InChI is InChI=1S/C9H15N3O3S/c1-10-9-8(4-3-5-11-9)16(14,15)12(2)6-7-13/h3-5,13H,6-7H2,1-2H3,(H,10,11). The average molecular weight is 245 g/mol. The molecule has 0 spiro atoms. The minimum Gasteiger partial charge on any atom is -0.395 e. The largest absolute Gasteiger partial charge is 0.395 e. The Morgan fingerprint density at radius 2 is 2.25 bits per heavy atom. The van der Waals surface area contributed by atoms with Crippen molar-refractivity contribution in [3.63, 3.8) is 0 Å². The predicted molar refractivity (Wildman–Crippen MR) is 60.7 cm³/mol. The number of sulfonamides is 1. The summed E-state index contributed by atoms with van der Waals surface area (Å²) >= 11 is 0. The highest BCUT2D eigenvalue weighted by Crippen LogP contribution is 2.20. The Balaban J connectivity index is 3.16. The number of aliphatic hydroxyl groups is 1. The van der Waals surface area contributed by atoms with Gasteiger partial charge in [0.25, 0.3) is 0 Å². The maximum Gasteiger partial charge on any atom is 0.246 e. The predicted octanol–water partition coefficient (Wildman–Crippen LogP) is -0.264. The lowest BCUT2D eigenvalue weighted by Crippen LogP contribution is -2.30. The number of likely N-dealkylation sites (N-methyl/N-ethyl adjacent to an activating group) is 1. The second-order valence-electron chi connectivity index (χ2n) is 3.15. The van der Waals surface area contributed by atoms with Crippen molar-refractivity contribution in [1.29, 1.82) is 0 Å². The minimum atomic E-state index is -3.60. The molecule has 0 atom stereocenters. The van der Waals surface area contributed by atoms with Gasteiger partial charge in [0.2, 0.25) is 10.0 Å². The molecular weight excluding hydrogens is 230 g/mol. The Morgan fingerprint density at radius 3 is 2.81 bits per heavy atom. The third kappa shape index (κ3) is 2.49. The van der Waals surface area contributed by atoms with E-state index in [4.69, 9.17) is 5.11 Å². The van der Waals surface area contributed by atoms with Crippen LogP contribution in [-0.2, 0) is 10.0 Å². The number of aliphatic hydroxyl groups excluding tert-OH is 1. The molecular formula is C9H15N3O3S. The molecule has 0 saturated carbocycles. The van der Waals surface area contributed by atoms with Crippen molar-refractivity contribution in [3.05, 3.63) is 18.3 Å². The Kier molecular flexibility index (Phi) is 4.22. The molecule has 0 saturated heterocycles. The third-order valence-corrected chi connectivity index (χ3v) is 4.00. The molecule has 7 heteroatoms. The van der Waals surface area contributed by atoms with Gasteiger partial charge in [-0.05, 0) is 12.1 Å². The van der Waals surface area contributed by atoms with E-state index >= 15 is 0 Å². The van der Waals surface area contributed by atoms with E-state index in [0.29, 0.717) is 5.82 Å². The van der Waals surface area contributed by atoms with Crippen molar-refractivity contribution < 1.29 is 13.5 Å². The first kappa shape index (κ1) is 12.9. The molecule has 0 aliphatic heterocycles. The van der Waals surface area contributed by atoms with Crippen LogP contribution in [-0.4, -0.2) is 50.1 Å². The van der Waals surface area contributed by atoms with E-state index in [1.165, 1.54) is 19.3 Å². The summed E-state index contributed by atoms with van der Waals surface area (Å²) in [5, 5.41) is 11.5. The van der Waals surface area contributed by atoms with Gasteiger partial charge >= 0.3 is 0 Å². The van der Waals surface area contributed by atoms with Gasteiger partial charge in [0.15, 0.2) is 0 Å². The van der Waals surface area contributed by atoms with Gasteiger partial charge < -0.3 is 10.4 Å². The topological polar surface area (TPSA) is 82.5 Å². The first-order valence-corrected chi connectivity index (χ1v) is 6.18. The quantitative estimate of drug-likeness (QED) is 0.746. The SMILES string of the molecule is CNc1ncccc1S(=O)(=O)N(C)CCO. The van der Waals surface area contributed by atoms with Gasteiger partial charge in [0, 0.05) is 26.8 Å². The molecule has 0 bridgehead atoms. The highest BCUT2D eigenvalue weighted by Gasteiger charge is 2.23. The zero-order valence-corrected chi connectivity index (χ0v) is 10.0. The molecule has 0 amide bonds. The number of nitrogens with zero attached hydrogens (tertiary/aromatic N) is 2. The van der Waals surface area contributed by atoms with E-state index < -0.39 is 10.0 Å². The van der Waals surface area contributed by atoms with Gasteiger partial charge in [-0.15, -0.1) is 0 Å². The lowest BCUT2D eigenvalue weighted by Gasteiger charge is -2.17. The van der Waals surface area contributed by atoms with Crippen LogP contribution in [0.25, 0.3) is 0 Å². The molecule has 1 aromatic rings. The van der Waals surface area contributed by atoms with Crippen LogP contribution in [0.15, 0.2) is 23.2 Å². The Hall–Kier alpha value is -1.18. The van der Waals surface area contributed by atoms with Crippen LogP contribution in [0, 0.1) is 0 Å². The first-order chi connectivity index (χ1) is 7.54.